The normalized spacial score (nSPS) is 43.6. The highest BCUT2D eigenvalue weighted by Gasteiger charge is 2.49. The lowest BCUT2D eigenvalue weighted by Gasteiger charge is -2.19. The molecule has 1 saturated carbocycles. The lowest BCUT2D eigenvalue weighted by Crippen LogP contribution is -2.37. The zero-order valence-electron chi connectivity index (χ0n) is 7.09. The third kappa shape index (κ3) is 1.30. The van der Waals surface area contributed by atoms with Crippen LogP contribution in [0.15, 0.2) is 0 Å². The van der Waals surface area contributed by atoms with Crippen LogP contribution in [0.25, 0.3) is 0 Å². The summed E-state index contributed by atoms with van der Waals surface area (Å²) in [7, 11) is 0. The fourth-order valence-corrected chi connectivity index (χ4v) is 2.28. The van der Waals surface area contributed by atoms with Crippen molar-refractivity contribution in [2.45, 2.75) is 38.3 Å². The van der Waals surface area contributed by atoms with Gasteiger partial charge in [0.1, 0.15) is 0 Å². The summed E-state index contributed by atoms with van der Waals surface area (Å²) in [5, 5.41) is 13.1. The predicted molar refractivity (Wildman–Crippen MR) is 44.3 cm³/mol. The van der Waals surface area contributed by atoms with Crippen molar-refractivity contribution < 1.29 is 5.11 Å². The van der Waals surface area contributed by atoms with E-state index in [0.29, 0.717) is 6.04 Å². The summed E-state index contributed by atoms with van der Waals surface area (Å²) in [6.07, 6.45) is 3.33. The first kappa shape index (κ1) is 7.56. The smallest absolute Gasteiger partial charge is 0.0695 e. The molecule has 2 N–H and O–H groups in total. The van der Waals surface area contributed by atoms with Crippen molar-refractivity contribution in [2.24, 2.45) is 11.8 Å². The van der Waals surface area contributed by atoms with E-state index in [0.717, 1.165) is 31.2 Å². The molecule has 2 heteroatoms. The van der Waals surface area contributed by atoms with Gasteiger partial charge in [-0.1, -0.05) is 13.3 Å². The van der Waals surface area contributed by atoms with Gasteiger partial charge in [0.05, 0.1) is 6.10 Å². The van der Waals surface area contributed by atoms with Crippen LogP contribution >= 0.6 is 0 Å². The third-order valence-corrected chi connectivity index (χ3v) is 3.05. The summed E-state index contributed by atoms with van der Waals surface area (Å²) in [4.78, 5) is 0. The highest BCUT2D eigenvalue weighted by molar-refractivity contribution is 5.04. The Morgan fingerprint density at radius 3 is 2.91 bits per heavy atom. The molecular formula is C9H17NO. The minimum Gasteiger partial charge on any atom is -0.391 e. The summed E-state index contributed by atoms with van der Waals surface area (Å²) in [6, 6.07) is 0.431. The first-order valence-corrected chi connectivity index (χ1v) is 4.74. The second kappa shape index (κ2) is 2.76. The molecule has 1 saturated heterocycles. The van der Waals surface area contributed by atoms with Crippen molar-refractivity contribution in [3.8, 4) is 0 Å². The largest absolute Gasteiger partial charge is 0.391 e. The van der Waals surface area contributed by atoms with Crippen molar-refractivity contribution in [3.05, 3.63) is 0 Å². The van der Waals surface area contributed by atoms with E-state index in [1.807, 2.05) is 0 Å². The molecule has 0 spiro atoms. The molecule has 0 aromatic rings. The van der Waals surface area contributed by atoms with Crippen LogP contribution < -0.4 is 5.32 Å². The topological polar surface area (TPSA) is 32.3 Å². The van der Waals surface area contributed by atoms with Gasteiger partial charge >= 0.3 is 0 Å². The second-order valence-electron chi connectivity index (χ2n) is 3.95. The Labute approximate surface area is 68.0 Å². The van der Waals surface area contributed by atoms with Gasteiger partial charge in [-0.15, -0.1) is 0 Å². The van der Waals surface area contributed by atoms with Crippen LogP contribution in [0.3, 0.4) is 0 Å². The van der Waals surface area contributed by atoms with Gasteiger partial charge in [0.15, 0.2) is 0 Å². The van der Waals surface area contributed by atoms with Crippen LogP contribution in [0.5, 0.6) is 0 Å². The molecule has 0 amide bonds. The molecule has 2 nitrogen and oxygen atoms in total. The molecule has 4 unspecified atom stereocenters. The van der Waals surface area contributed by atoms with Crippen LogP contribution in [0.2, 0.25) is 0 Å². The number of hydrogen-bond acceptors (Lipinski definition) is 2. The van der Waals surface area contributed by atoms with Gasteiger partial charge in [-0.3, -0.25) is 0 Å². The molecule has 0 radical (unpaired) electrons. The molecule has 0 aromatic heterocycles. The zero-order valence-corrected chi connectivity index (χ0v) is 7.09. The van der Waals surface area contributed by atoms with E-state index in [1.54, 1.807) is 0 Å². The van der Waals surface area contributed by atoms with Crippen molar-refractivity contribution >= 4 is 0 Å². The monoisotopic (exact) mass is 155 g/mol. The van der Waals surface area contributed by atoms with E-state index >= 15 is 0 Å². The molecule has 11 heavy (non-hydrogen) atoms. The Morgan fingerprint density at radius 1 is 1.64 bits per heavy atom. The van der Waals surface area contributed by atoms with Gasteiger partial charge in [-0.2, -0.15) is 0 Å². The Hall–Kier alpha value is -0.0800. The van der Waals surface area contributed by atoms with E-state index in [1.165, 1.54) is 6.42 Å². The molecule has 2 fully saturated rings. The first-order chi connectivity index (χ1) is 5.33. The molecule has 2 aliphatic rings. The molecule has 4 atom stereocenters. The number of aliphatic hydroxyl groups is 1. The number of hydrogen-bond donors (Lipinski definition) is 2. The van der Waals surface area contributed by atoms with Crippen LogP contribution in [0.4, 0.5) is 0 Å². The van der Waals surface area contributed by atoms with E-state index in [2.05, 4.69) is 12.2 Å². The van der Waals surface area contributed by atoms with E-state index in [9.17, 15) is 5.11 Å². The molecular weight excluding hydrogens is 138 g/mol. The van der Waals surface area contributed by atoms with Crippen LogP contribution in [-0.4, -0.2) is 23.8 Å². The number of piperidine rings is 1. The number of fused-ring (bicyclic) bond motifs is 1. The Morgan fingerprint density at radius 2 is 2.45 bits per heavy atom. The average molecular weight is 155 g/mol. The fourth-order valence-electron chi connectivity index (χ4n) is 2.28. The maximum atomic E-state index is 9.68. The number of nitrogens with one attached hydrogen (secondary N) is 1. The summed E-state index contributed by atoms with van der Waals surface area (Å²) in [5.41, 5.74) is 0. The van der Waals surface area contributed by atoms with Gasteiger partial charge < -0.3 is 10.4 Å². The molecule has 0 bridgehead atoms. The van der Waals surface area contributed by atoms with Crippen molar-refractivity contribution in [2.75, 3.05) is 6.54 Å². The predicted octanol–water partition coefficient (Wildman–Crippen LogP) is 0.755. The summed E-state index contributed by atoms with van der Waals surface area (Å²) in [5.74, 6) is 1.73. The quantitative estimate of drug-likeness (QED) is 0.630. The maximum absolute atomic E-state index is 9.68. The van der Waals surface area contributed by atoms with Crippen molar-refractivity contribution in [3.63, 3.8) is 0 Å². The highest BCUT2D eigenvalue weighted by atomic mass is 16.3. The summed E-state index contributed by atoms with van der Waals surface area (Å²) >= 11 is 0. The molecule has 0 aromatic carbocycles. The minimum absolute atomic E-state index is 0.0856. The molecule has 1 aliphatic carbocycles. The standard InChI is InChI=1S/C9H17NO/c1-2-3-8(11)9-7-4-6(7)5-10-9/h6-11H,2-5H2,1H3. The van der Waals surface area contributed by atoms with Gasteiger partial charge in [0, 0.05) is 6.04 Å². The third-order valence-electron chi connectivity index (χ3n) is 3.05. The Kier molecular flexibility index (Phi) is 1.90. The molecule has 1 heterocycles. The SMILES string of the molecule is CCCC(O)C1NCC2CC21. The summed E-state index contributed by atoms with van der Waals surface area (Å²) in [6.45, 7) is 3.28. The molecule has 1 aliphatic heterocycles. The Balaban J connectivity index is 1.84. The minimum atomic E-state index is -0.0856. The average Bonchev–Trinajstić information content (AvgIpc) is 2.63. The zero-order chi connectivity index (χ0) is 7.84. The fraction of sp³-hybridized carbons (Fsp3) is 1.00. The van der Waals surface area contributed by atoms with Gasteiger partial charge in [0.25, 0.3) is 0 Å². The first-order valence-electron chi connectivity index (χ1n) is 4.74. The number of rotatable bonds is 3. The van der Waals surface area contributed by atoms with Gasteiger partial charge in [-0.05, 0) is 31.2 Å². The van der Waals surface area contributed by atoms with Crippen molar-refractivity contribution in [1.82, 2.24) is 5.32 Å². The lowest BCUT2D eigenvalue weighted by atomic mass is 10.0. The van der Waals surface area contributed by atoms with E-state index in [-0.39, 0.29) is 6.10 Å². The molecule has 64 valence electrons. The van der Waals surface area contributed by atoms with Crippen LogP contribution in [-0.2, 0) is 0 Å². The Bertz CT molecular complexity index is 148. The van der Waals surface area contributed by atoms with Crippen LogP contribution in [0, 0.1) is 11.8 Å². The van der Waals surface area contributed by atoms with E-state index < -0.39 is 0 Å². The van der Waals surface area contributed by atoms with Crippen LogP contribution in [0.1, 0.15) is 26.2 Å². The van der Waals surface area contributed by atoms with Gasteiger partial charge in [-0.25, -0.2) is 0 Å². The van der Waals surface area contributed by atoms with Crippen molar-refractivity contribution in [1.29, 1.82) is 0 Å². The molecule has 2 rings (SSSR count). The maximum Gasteiger partial charge on any atom is 0.0695 e. The lowest BCUT2D eigenvalue weighted by molar-refractivity contribution is 0.116. The summed E-state index contributed by atoms with van der Waals surface area (Å²) < 4.78 is 0. The second-order valence-corrected chi connectivity index (χ2v) is 3.95. The highest BCUT2D eigenvalue weighted by Crippen LogP contribution is 2.46. The van der Waals surface area contributed by atoms with Gasteiger partial charge in [0.2, 0.25) is 0 Å². The van der Waals surface area contributed by atoms with E-state index in [4.69, 9.17) is 0 Å². The number of aliphatic hydroxyl groups excluding tert-OH is 1.